The van der Waals surface area contributed by atoms with Crippen LogP contribution in [0.5, 0.6) is 0 Å². The number of carbonyl (C=O) groups excluding carboxylic acids is 1. The summed E-state index contributed by atoms with van der Waals surface area (Å²) in [5, 5.41) is 18.2. The molecule has 0 aliphatic rings. The SMILES string of the molecule is O=CCCc1ccc(S)cc1C(O)C(=O)O. The van der Waals surface area contributed by atoms with Crippen LogP contribution in [-0.2, 0) is 16.0 Å². The normalized spacial score (nSPS) is 12.1. The van der Waals surface area contributed by atoms with Crippen LogP contribution >= 0.6 is 12.6 Å². The average Bonchev–Trinajstić information content (AvgIpc) is 2.26. The Morgan fingerprint density at radius 1 is 1.50 bits per heavy atom. The molecular weight excluding hydrogens is 228 g/mol. The minimum Gasteiger partial charge on any atom is -0.479 e. The zero-order chi connectivity index (χ0) is 12.1. The molecule has 0 aliphatic heterocycles. The molecule has 1 aromatic rings. The molecule has 16 heavy (non-hydrogen) atoms. The maximum atomic E-state index is 10.7. The van der Waals surface area contributed by atoms with Crippen LogP contribution in [0.1, 0.15) is 23.7 Å². The van der Waals surface area contributed by atoms with E-state index >= 15 is 0 Å². The number of carbonyl (C=O) groups is 2. The standard InChI is InChI=1S/C11H12O4S/c12-5-1-2-7-3-4-8(16)6-9(7)10(13)11(14)15/h3-6,10,13,16H,1-2H2,(H,14,15). The summed E-state index contributed by atoms with van der Waals surface area (Å²) in [6, 6.07) is 4.87. The van der Waals surface area contributed by atoms with Gasteiger partial charge in [0.05, 0.1) is 0 Å². The van der Waals surface area contributed by atoms with Crippen molar-refractivity contribution in [2.24, 2.45) is 0 Å². The monoisotopic (exact) mass is 240 g/mol. The van der Waals surface area contributed by atoms with Crippen LogP contribution in [0.15, 0.2) is 23.1 Å². The molecule has 0 aromatic heterocycles. The van der Waals surface area contributed by atoms with Gasteiger partial charge in [-0.1, -0.05) is 6.07 Å². The molecule has 5 heteroatoms. The number of hydrogen-bond acceptors (Lipinski definition) is 4. The van der Waals surface area contributed by atoms with Gasteiger partial charge in [-0.2, -0.15) is 0 Å². The number of thiol groups is 1. The van der Waals surface area contributed by atoms with Crippen LogP contribution in [-0.4, -0.2) is 22.5 Å². The summed E-state index contributed by atoms with van der Waals surface area (Å²) in [5.74, 6) is -1.31. The van der Waals surface area contributed by atoms with Crippen molar-refractivity contribution in [3.05, 3.63) is 29.3 Å². The molecule has 0 bridgehead atoms. The zero-order valence-corrected chi connectivity index (χ0v) is 9.35. The van der Waals surface area contributed by atoms with Crippen molar-refractivity contribution in [3.8, 4) is 0 Å². The fraction of sp³-hybridized carbons (Fsp3) is 0.273. The Hall–Kier alpha value is -1.33. The van der Waals surface area contributed by atoms with Gasteiger partial charge in [0, 0.05) is 11.3 Å². The summed E-state index contributed by atoms with van der Waals surface area (Å²) in [6.07, 6.45) is -0.109. The molecule has 0 fully saturated rings. The van der Waals surface area contributed by atoms with E-state index in [0.29, 0.717) is 28.9 Å². The summed E-state index contributed by atoms with van der Waals surface area (Å²) >= 11 is 4.08. The zero-order valence-electron chi connectivity index (χ0n) is 8.46. The summed E-state index contributed by atoms with van der Waals surface area (Å²) < 4.78 is 0. The lowest BCUT2D eigenvalue weighted by Gasteiger charge is -2.12. The second-order valence-corrected chi connectivity index (χ2v) is 3.85. The first kappa shape index (κ1) is 12.7. The van der Waals surface area contributed by atoms with Gasteiger partial charge < -0.3 is 15.0 Å². The highest BCUT2D eigenvalue weighted by Crippen LogP contribution is 2.23. The second-order valence-electron chi connectivity index (χ2n) is 3.33. The van der Waals surface area contributed by atoms with E-state index in [1.165, 1.54) is 6.07 Å². The third-order valence-corrected chi connectivity index (χ3v) is 2.47. The molecule has 0 amide bonds. The number of rotatable bonds is 5. The predicted molar refractivity (Wildman–Crippen MR) is 60.7 cm³/mol. The van der Waals surface area contributed by atoms with Crippen molar-refractivity contribution in [1.82, 2.24) is 0 Å². The fourth-order valence-electron chi connectivity index (χ4n) is 1.41. The summed E-state index contributed by atoms with van der Waals surface area (Å²) in [4.78, 5) is 21.5. The minimum absolute atomic E-state index is 0.293. The summed E-state index contributed by atoms with van der Waals surface area (Å²) in [6.45, 7) is 0. The Kier molecular flexibility index (Phi) is 4.52. The van der Waals surface area contributed by atoms with Crippen molar-refractivity contribution in [1.29, 1.82) is 0 Å². The van der Waals surface area contributed by atoms with Gasteiger partial charge in [-0.05, 0) is 29.7 Å². The van der Waals surface area contributed by atoms with E-state index in [1.54, 1.807) is 12.1 Å². The Morgan fingerprint density at radius 2 is 2.19 bits per heavy atom. The Balaban J connectivity index is 3.06. The number of aliphatic hydroxyl groups excluding tert-OH is 1. The number of aryl methyl sites for hydroxylation is 1. The van der Waals surface area contributed by atoms with Crippen LogP contribution in [0.2, 0.25) is 0 Å². The minimum atomic E-state index is -1.58. The van der Waals surface area contributed by atoms with Crippen molar-refractivity contribution in [2.75, 3.05) is 0 Å². The maximum absolute atomic E-state index is 10.7. The van der Waals surface area contributed by atoms with Gasteiger partial charge >= 0.3 is 5.97 Å². The van der Waals surface area contributed by atoms with Gasteiger partial charge in [-0.3, -0.25) is 0 Å². The molecule has 0 heterocycles. The number of hydrogen-bond donors (Lipinski definition) is 3. The predicted octanol–water partition coefficient (Wildman–Crippen LogP) is 1.22. The molecule has 1 rings (SSSR count). The van der Waals surface area contributed by atoms with Crippen LogP contribution in [0, 0.1) is 0 Å². The van der Waals surface area contributed by atoms with Gasteiger partial charge in [0.2, 0.25) is 0 Å². The van der Waals surface area contributed by atoms with Crippen molar-refractivity contribution < 1.29 is 19.8 Å². The highest BCUT2D eigenvalue weighted by molar-refractivity contribution is 7.80. The number of benzene rings is 1. The first-order chi connectivity index (χ1) is 7.56. The first-order valence-electron chi connectivity index (χ1n) is 4.72. The van der Waals surface area contributed by atoms with E-state index in [4.69, 9.17) is 5.11 Å². The van der Waals surface area contributed by atoms with Gasteiger partial charge in [0.25, 0.3) is 0 Å². The van der Waals surface area contributed by atoms with Crippen molar-refractivity contribution >= 4 is 24.9 Å². The first-order valence-corrected chi connectivity index (χ1v) is 5.17. The summed E-state index contributed by atoms with van der Waals surface area (Å²) in [5.41, 5.74) is 0.946. The van der Waals surface area contributed by atoms with E-state index in [1.807, 2.05) is 0 Å². The highest BCUT2D eigenvalue weighted by Gasteiger charge is 2.19. The number of aldehydes is 1. The molecule has 2 N–H and O–H groups in total. The van der Waals surface area contributed by atoms with Crippen molar-refractivity contribution in [2.45, 2.75) is 23.8 Å². The molecule has 0 aliphatic carbocycles. The van der Waals surface area contributed by atoms with Gasteiger partial charge in [-0.15, -0.1) is 12.6 Å². The molecule has 4 nitrogen and oxygen atoms in total. The number of carboxylic acid groups (broad SMARTS) is 1. The van der Waals surface area contributed by atoms with Crippen molar-refractivity contribution in [3.63, 3.8) is 0 Å². The smallest absolute Gasteiger partial charge is 0.337 e. The lowest BCUT2D eigenvalue weighted by molar-refractivity contribution is -0.147. The van der Waals surface area contributed by atoms with Crippen LogP contribution in [0.4, 0.5) is 0 Å². The third kappa shape index (κ3) is 3.08. The molecule has 1 aromatic carbocycles. The van der Waals surface area contributed by atoms with E-state index in [-0.39, 0.29) is 0 Å². The van der Waals surface area contributed by atoms with Crippen LogP contribution in [0.3, 0.4) is 0 Å². The van der Waals surface area contributed by atoms with E-state index in [9.17, 15) is 14.7 Å². The van der Waals surface area contributed by atoms with E-state index in [2.05, 4.69) is 12.6 Å². The topological polar surface area (TPSA) is 74.6 Å². The highest BCUT2D eigenvalue weighted by atomic mass is 32.1. The van der Waals surface area contributed by atoms with Crippen LogP contribution in [0.25, 0.3) is 0 Å². The molecule has 86 valence electrons. The fourth-order valence-corrected chi connectivity index (χ4v) is 1.63. The molecule has 0 saturated heterocycles. The van der Waals surface area contributed by atoms with Crippen LogP contribution < -0.4 is 0 Å². The Bertz CT molecular complexity index is 403. The van der Waals surface area contributed by atoms with Gasteiger partial charge in [0.15, 0.2) is 6.10 Å². The molecule has 0 radical (unpaired) electrons. The summed E-state index contributed by atoms with van der Waals surface area (Å²) in [7, 11) is 0. The van der Waals surface area contributed by atoms with Gasteiger partial charge in [0.1, 0.15) is 6.29 Å². The van der Waals surface area contributed by atoms with E-state index < -0.39 is 12.1 Å². The third-order valence-electron chi connectivity index (χ3n) is 2.19. The Labute approximate surface area is 98.3 Å². The lowest BCUT2D eigenvalue weighted by atomic mass is 9.99. The lowest BCUT2D eigenvalue weighted by Crippen LogP contribution is -2.13. The maximum Gasteiger partial charge on any atom is 0.337 e. The molecule has 1 atom stereocenters. The van der Waals surface area contributed by atoms with Gasteiger partial charge in [-0.25, -0.2) is 4.79 Å². The molecule has 0 saturated carbocycles. The molecular formula is C11H12O4S. The number of carboxylic acids is 1. The Morgan fingerprint density at radius 3 is 2.75 bits per heavy atom. The number of aliphatic hydroxyl groups is 1. The van der Waals surface area contributed by atoms with E-state index in [0.717, 1.165) is 6.29 Å². The molecule has 0 spiro atoms. The number of aliphatic carboxylic acids is 1. The molecule has 1 unspecified atom stereocenters. The second kappa shape index (κ2) is 5.67. The average molecular weight is 240 g/mol. The largest absolute Gasteiger partial charge is 0.479 e. The quantitative estimate of drug-likeness (QED) is 0.534.